The number of carbonyl (C=O) groups excluding carboxylic acids is 1. The molecule has 0 saturated heterocycles. The Hall–Kier alpha value is -0.793. The van der Waals surface area contributed by atoms with E-state index in [4.69, 9.17) is 23.9 Å². The summed E-state index contributed by atoms with van der Waals surface area (Å²) in [6.07, 6.45) is 19.0. The fourth-order valence-corrected chi connectivity index (χ4v) is 2.95. The molecule has 7 heteroatoms. The summed E-state index contributed by atoms with van der Waals surface area (Å²) in [5.41, 5.74) is 0. The number of hydrogen-bond donors (Lipinski definition) is 2. The second-order valence-corrected chi connectivity index (χ2v) is 7.47. The van der Waals surface area contributed by atoms with Crippen molar-refractivity contribution >= 4 is 15.3 Å². The maximum absolute atomic E-state index is 11.4. The molecule has 0 aromatic carbocycles. The van der Waals surface area contributed by atoms with E-state index < -0.39 is 15.4 Å². The first-order chi connectivity index (χ1) is 13.6. The van der Waals surface area contributed by atoms with Crippen molar-refractivity contribution in [1.82, 2.24) is 0 Å². The number of carbonyl (C=O) groups is 1. The van der Waals surface area contributed by atoms with Crippen LogP contribution in [0.25, 0.3) is 0 Å². The van der Waals surface area contributed by atoms with Gasteiger partial charge in [-0.25, -0.2) is 0 Å². The van der Waals surface area contributed by atoms with E-state index in [-0.39, 0.29) is 19.2 Å². The van der Waals surface area contributed by atoms with Crippen molar-refractivity contribution in [3.8, 4) is 0 Å². The third kappa shape index (κ3) is 27.4. The second kappa shape index (κ2) is 26.2. The van der Waals surface area contributed by atoms with Gasteiger partial charge in [0, 0.05) is 6.42 Å². The molecule has 1 unspecified atom stereocenters. The molecule has 28 heavy (non-hydrogen) atoms. The van der Waals surface area contributed by atoms with E-state index in [1.54, 1.807) is 0 Å². The van der Waals surface area contributed by atoms with Gasteiger partial charge in [0.25, 0.3) is 0 Å². The first kappa shape index (κ1) is 29.4. The van der Waals surface area contributed by atoms with E-state index >= 15 is 0 Å². The molecule has 0 radical (unpaired) electrons. The van der Waals surface area contributed by atoms with Crippen molar-refractivity contribution in [1.29, 1.82) is 0 Å². The Labute approximate surface area is 173 Å². The summed E-state index contributed by atoms with van der Waals surface area (Å²) in [5, 5.41) is 17.7. The lowest BCUT2D eigenvalue weighted by Gasteiger charge is -2.08. The zero-order valence-corrected chi connectivity index (χ0v) is 18.8. The summed E-state index contributed by atoms with van der Waals surface area (Å²) < 4.78 is 21.7. The smallest absolute Gasteiger partial charge is 0.463 e. The molecule has 0 aliphatic carbocycles. The summed E-state index contributed by atoms with van der Waals surface area (Å²) in [6, 6.07) is 0. The molecule has 0 rings (SSSR count). The predicted molar refractivity (Wildman–Crippen MR) is 111 cm³/mol. The van der Waals surface area contributed by atoms with Crippen LogP contribution in [0, 0.1) is 0 Å². The highest BCUT2D eigenvalue weighted by Crippen LogP contribution is 2.13. The molecule has 1 atom stereocenters. The first-order valence-corrected chi connectivity index (χ1v) is 11.9. The van der Waals surface area contributed by atoms with Crippen LogP contribution in [0.4, 0.5) is 0 Å². The number of esters is 1. The van der Waals surface area contributed by atoms with Crippen LogP contribution in [0.1, 0.15) is 110 Å². The summed E-state index contributed by atoms with van der Waals surface area (Å²) in [4.78, 5) is 11.4. The zero-order valence-electron chi connectivity index (χ0n) is 17.8. The van der Waals surface area contributed by atoms with Gasteiger partial charge in [-0.2, -0.15) is 0 Å². The van der Waals surface area contributed by atoms with Gasteiger partial charge >= 0.3 is 15.3 Å². The van der Waals surface area contributed by atoms with Crippen LogP contribution in [-0.4, -0.2) is 44.8 Å². The van der Waals surface area contributed by atoms with Gasteiger partial charge < -0.3 is 14.9 Å². The quantitative estimate of drug-likeness (QED) is 0.182. The molecular formula is C21H42O6Si. The Morgan fingerprint density at radius 1 is 0.786 bits per heavy atom. The highest BCUT2D eigenvalue weighted by atomic mass is 28.2. The van der Waals surface area contributed by atoms with Gasteiger partial charge in [0.15, 0.2) is 0 Å². The highest BCUT2D eigenvalue weighted by Gasteiger charge is 2.07. The molecule has 2 N–H and O–H groups in total. The maximum atomic E-state index is 11.4. The van der Waals surface area contributed by atoms with E-state index in [1.165, 1.54) is 83.5 Å². The Kier molecular flexibility index (Phi) is 27.5. The molecule has 0 saturated carbocycles. The number of ether oxygens (including phenoxy) is 1. The standard InChI is InChI=1S/C21H42O4.O2Si/c1-2-3-4-5-6-7-8-9-10-11-12-13-14-15-16-17-21(24)25-19-20(23)18-22;1-3-2/h20,22-23H,2-19H2,1H3;. The average Bonchev–Trinajstić information content (AvgIpc) is 2.69. The van der Waals surface area contributed by atoms with Crippen molar-refractivity contribution in [2.45, 2.75) is 116 Å². The van der Waals surface area contributed by atoms with Crippen LogP contribution in [0.2, 0.25) is 0 Å². The van der Waals surface area contributed by atoms with E-state index in [9.17, 15) is 4.79 Å². The Morgan fingerprint density at radius 3 is 1.50 bits per heavy atom. The first-order valence-electron chi connectivity index (χ1n) is 11.1. The zero-order chi connectivity index (χ0) is 21.3. The third-order valence-electron chi connectivity index (χ3n) is 4.63. The van der Waals surface area contributed by atoms with Crippen molar-refractivity contribution in [2.24, 2.45) is 0 Å². The molecule has 0 fully saturated rings. The molecule has 0 amide bonds. The van der Waals surface area contributed by atoms with E-state index in [0.29, 0.717) is 6.42 Å². The van der Waals surface area contributed by atoms with Crippen LogP contribution < -0.4 is 0 Å². The van der Waals surface area contributed by atoms with Crippen molar-refractivity contribution in [2.75, 3.05) is 13.2 Å². The third-order valence-corrected chi connectivity index (χ3v) is 4.63. The maximum Gasteiger partial charge on any atom is 0.549 e. The summed E-state index contributed by atoms with van der Waals surface area (Å²) in [7, 11) is -1.42. The monoisotopic (exact) mass is 418 g/mol. The fraction of sp³-hybridized carbons (Fsp3) is 0.952. The average molecular weight is 419 g/mol. The van der Waals surface area contributed by atoms with Crippen LogP contribution in [0.5, 0.6) is 0 Å². The Balaban J connectivity index is 0. The number of unbranched alkanes of at least 4 members (excludes halogenated alkanes) is 14. The Bertz CT molecular complexity index is 359. The molecule has 0 aromatic heterocycles. The SMILES string of the molecule is CCCCCCCCCCCCCCCCCC(=O)OCC(O)CO.O=[Si]=O. The minimum Gasteiger partial charge on any atom is -0.463 e. The van der Waals surface area contributed by atoms with Gasteiger partial charge in [0.2, 0.25) is 0 Å². The fourth-order valence-electron chi connectivity index (χ4n) is 2.95. The summed E-state index contributed by atoms with van der Waals surface area (Å²) in [6.45, 7) is 1.79. The topological polar surface area (TPSA) is 101 Å². The second-order valence-electron chi connectivity index (χ2n) is 7.30. The van der Waals surface area contributed by atoms with Gasteiger partial charge in [0.05, 0.1) is 6.61 Å². The summed E-state index contributed by atoms with van der Waals surface area (Å²) >= 11 is 0. The molecule has 166 valence electrons. The lowest BCUT2D eigenvalue weighted by atomic mass is 10.0. The summed E-state index contributed by atoms with van der Waals surface area (Å²) in [5.74, 6) is -0.276. The lowest BCUT2D eigenvalue weighted by molar-refractivity contribution is -0.147. The van der Waals surface area contributed by atoms with Gasteiger partial charge in [-0.05, 0) is 6.42 Å². The van der Waals surface area contributed by atoms with Gasteiger partial charge in [-0.3, -0.25) is 13.7 Å². The van der Waals surface area contributed by atoms with Gasteiger partial charge in [-0.1, -0.05) is 96.8 Å². The molecule has 6 nitrogen and oxygen atoms in total. The normalized spacial score (nSPS) is 11.2. The van der Waals surface area contributed by atoms with Crippen LogP contribution in [0.3, 0.4) is 0 Å². The van der Waals surface area contributed by atoms with Crippen molar-refractivity contribution < 1.29 is 28.7 Å². The molecule has 0 heterocycles. The van der Waals surface area contributed by atoms with E-state index in [2.05, 4.69) is 6.92 Å². The van der Waals surface area contributed by atoms with Crippen molar-refractivity contribution in [3.05, 3.63) is 0 Å². The largest absolute Gasteiger partial charge is 0.549 e. The minimum atomic E-state index is -1.42. The molecular weight excluding hydrogens is 376 g/mol. The van der Waals surface area contributed by atoms with Gasteiger partial charge in [0.1, 0.15) is 12.7 Å². The number of aliphatic hydroxyl groups excluding tert-OH is 2. The predicted octanol–water partition coefficient (Wildman–Crippen LogP) is 4.53. The molecule has 0 spiro atoms. The highest BCUT2D eigenvalue weighted by molar-refractivity contribution is 5.94. The minimum absolute atomic E-state index is 0.103. The number of hydrogen-bond acceptors (Lipinski definition) is 6. The van der Waals surface area contributed by atoms with Crippen molar-refractivity contribution in [3.63, 3.8) is 0 Å². The number of aliphatic hydroxyl groups is 2. The molecule has 0 bridgehead atoms. The van der Waals surface area contributed by atoms with E-state index in [0.717, 1.165) is 12.8 Å². The van der Waals surface area contributed by atoms with Crippen LogP contribution in [0.15, 0.2) is 0 Å². The molecule has 0 aliphatic rings. The lowest BCUT2D eigenvalue weighted by Crippen LogP contribution is -2.21. The number of rotatable bonds is 19. The van der Waals surface area contributed by atoms with Gasteiger partial charge in [-0.15, -0.1) is 0 Å². The van der Waals surface area contributed by atoms with Crippen LogP contribution >= 0.6 is 0 Å². The molecule has 0 aliphatic heterocycles. The van der Waals surface area contributed by atoms with E-state index in [1.807, 2.05) is 0 Å². The molecule has 0 aromatic rings. The van der Waals surface area contributed by atoms with Crippen LogP contribution in [-0.2, 0) is 18.5 Å². The Morgan fingerprint density at radius 2 is 1.14 bits per heavy atom.